The van der Waals surface area contributed by atoms with E-state index in [1.165, 1.54) is 14.2 Å². The van der Waals surface area contributed by atoms with Gasteiger partial charge in [0.25, 0.3) is 11.8 Å². The summed E-state index contributed by atoms with van der Waals surface area (Å²) in [5.74, 6) is 0.725. The lowest BCUT2D eigenvalue weighted by Crippen LogP contribution is -2.32. The van der Waals surface area contributed by atoms with Crippen molar-refractivity contribution >= 4 is 28.8 Å². The van der Waals surface area contributed by atoms with Gasteiger partial charge in [0.05, 0.1) is 32.6 Å². The summed E-state index contributed by atoms with van der Waals surface area (Å²) < 4.78 is 15.9. The Kier molecular flexibility index (Phi) is 5.81. The number of carbonyl (C=O) groups is 2. The molecule has 7 heteroatoms. The molecule has 162 valence electrons. The molecule has 0 saturated carbocycles. The van der Waals surface area contributed by atoms with Crippen LogP contribution in [0.25, 0.3) is 5.57 Å². The van der Waals surface area contributed by atoms with E-state index in [9.17, 15) is 9.59 Å². The molecule has 0 atom stereocenters. The van der Waals surface area contributed by atoms with Crippen molar-refractivity contribution in [3.8, 4) is 17.2 Å². The van der Waals surface area contributed by atoms with Crippen LogP contribution in [0.4, 0.5) is 11.4 Å². The van der Waals surface area contributed by atoms with Crippen LogP contribution in [0.3, 0.4) is 0 Å². The fourth-order valence-electron chi connectivity index (χ4n) is 3.56. The molecule has 0 unspecified atom stereocenters. The second-order valence-corrected chi connectivity index (χ2v) is 6.96. The number of rotatable bonds is 7. The summed E-state index contributed by atoms with van der Waals surface area (Å²) >= 11 is 0. The molecule has 0 aliphatic carbocycles. The molecule has 1 heterocycles. The largest absolute Gasteiger partial charge is 0.497 e. The zero-order valence-corrected chi connectivity index (χ0v) is 17.9. The van der Waals surface area contributed by atoms with Crippen molar-refractivity contribution in [2.45, 2.75) is 0 Å². The van der Waals surface area contributed by atoms with Gasteiger partial charge in [-0.2, -0.15) is 0 Å². The highest BCUT2D eigenvalue weighted by Gasteiger charge is 2.40. The van der Waals surface area contributed by atoms with Gasteiger partial charge in [0.1, 0.15) is 11.4 Å². The van der Waals surface area contributed by atoms with Gasteiger partial charge in [-0.15, -0.1) is 0 Å². The molecular weight excluding hydrogens is 408 g/mol. The van der Waals surface area contributed by atoms with Crippen molar-refractivity contribution in [2.24, 2.45) is 0 Å². The van der Waals surface area contributed by atoms with Crippen molar-refractivity contribution in [3.63, 3.8) is 0 Å². The van der Waals surface area contributed by atoms with E-state index < -0.39 is 11.8 Å². The third-order valence-corrected chi connectivity index (χ3v) is 5.11. The second-order valence-electron chi connectivity index (χ2n) is 6.96. The molecule has 1 N–H and O–H groups in total. The predicted octanol–water partition coefficient (Wildman–Crippen LogP) is 4.11. The van der Waals surface area contributed by atoms with Gasteiger partial charge in [-0.1, -0.05) is 36.4 Å². The van der Waals surface area contributed by atoms with Gasteiger partial charge in [-0.3, -0.25) is 9.59 Å². The maximum Gasteiger partial charge on any atom is 0.282 e. The number of carbonyl (C=O) groups excluding carboxylic acids is 2. The molecule has 0 saturated heterocycles. The lowest BCUT2D eigenvalue weighted by Gasteiger charge is -2.16. The van der Waals surface area contributed by atoms with Gasteiger partial charge in [0, 0.05) is 17.8 Å². The molecule has 0 fully saturated rings. The van der Waals surface area contributed by atoms with Crippen LogP contribution in [0, 0.1) is 0 Å². The Hall–Kier alpha value is -4.26. The van der Waals surface area contributed by atoms with Crippen LogP contribution in [-0.2, 0) is 9.59 Å². The molecule has 4 rings (SSSR count). The number of imide groups is 1. The Balaban J connectivity index is 1.80. The van der Waals surface area contributed by atoms with Crippen molar-refractivity contribution in [2.75, 3.05) is 31.5 Å². The van der Waals surface area contributed by atoms with Gasteiger partial charge < -0.3 is 19.5 Å². The van der Waals surface area contributed by atoms with E-state index in [-0.39, 0.29) is 11.3 Å². The molecule has 0 aromatic heterocycles. The van der Waals surface area contributed by atoms with E-state index in [4.69, 9.17) is 14.2 Å². The molecule has 3 aromatic rings. The number of hydrogen-bond acceptors (Lipinski definition) is 6. The first kappa shape index (κ1) is 21.0. The van der Waals surface area contributed by atoms with E-state index in [1.54, 1.807) is 61.7 Å². The highest BCUT2D eigenvalue weighted by Crippen LogP contribution is 2.36. The van der Waals surface area contributed by atoms with Crippen molar-refractivity contribution in [3.05, 3.63) is 84.1 Å². The highest BCUT2D eigenvalue weighted by atomic mass is 16.5. The second kappa shape index (κ2) is 8.85. The Morgan fingerprint density at radius 2 is 1.47 bits per heavy atom. The molecule has 32 heavy (non-hydrogen) atoms. The van der Waals surface area contributed by atoms with E-state index >= 15 is 0 Å². The predicted molar refractivity (Wildman–Crippen MR) is 122 cm³/mol. The van der Waals surface area contributed by atoms with Crippen molar-refractivity contribution < 1.29 is 23.8 Å². The van der Waals surface area contributed by atoms with Crippen LogP contribution < -0.4 is 24.4 Å². The standard InChI is InChI=1S/C25H22N2O5/c1-30-19-11-7-10-18(15-19)27-24(28)22(16-8-5-4-6-9-16)23(25(27)29)26-17-12-13-20(31-2)21(14-17)32-3/h4-15,26H,1-3H3. The van der Waals surface area contributed by atoms with E-state index in [1.807, 2.05) is 18.2 Å². The highest BCUT2D eigenvalue weighted by molar-refractivity contribution is 6.46. The lowest BCUT2D eigenvalue weighted by atomic mass is 10.0. The molecule has 3 aromatic carbocycles. The average molecular weight is 430 g/mol. The van der Waals surface area contributed by atoms with Crippen molar-refractivity contribution in [1.82, 2.24) is 0 Å². The molecular formula is C25H22N2O5. The van der Waals surface area contributed by atoms with Gasteiger partial charge in [-0.05, 0) is 29.8 Å². The normalized spacial score (nSPS) is 13.4. The first-order valence-electron chi connectivity index (χ1n) is 9.89. The van der Waals surface area contributed by atoms with Crippen molar-refractivity contribution in [1.29, 1.82) is 0 Å². The maximum absolute atomic E-state index is 13.5. The summed E-state index contributed by atoms with van der Waals surface area (Å²) in [6.45, 7) is 0. The molecule has 7 nitrogen and oxygen atoms in total. The van der Waals surface area contributed by atoms with Gasteiger partial charge >= 0.3 is 0 Å². The SMILES string of the molecule is COc1cccc(N2C(=O)C(Nc3ccc(OC)c(OC)c3)=C(c3ccccc3)C2=O)c1. The summed E-state index contributed by atoms with van der Waals surface area (Å²) in [7, 11) is 4.61. The van der Waals surface area contributed by atoms with E-state index in [2.05, 4.69) is 5.32 Å². The summed E-state index contributed by atoms with van der Waals surface area (Å²) in [4.78, 5) is 28.1. The number of nitrogens with zero attached hydrogens (tertiary/aromatic N) is 1. The zero-order valence-electron chi connectivity index (χ0n) is 17.9. The number of ether oxygens (including phenoxy) is 3. The number of methoxy groups -OCH3 is 3. The fourth-order valence-corrected chi connectivity index (χ4v) is 3.56. The topological polar surface area (TPSA) is 77.1 Å². The molecule has 0 bridgehead atoms. The number of amides is 2. The molecule has 0 spiro atoms. The van der Waals surface area contributed by atoms with Crippen LogP contribution >= 0.6 is 0 Å². The van der Waals surface area contributed by atoms with Crippen LogP contribution in [0.15, 0.2) is 78.5 Å². The molecule has 0 radical (unpaired) electrons. The van der Waals surface area contributed by atoms with Gasteiger partial charge in [-0.25, -0.2) is 4.90 Å². The first-order valence-corrected chi connectivity index (χ1v) is 9.89. The van der Waals surface area contributed by atoms with E-state index in [0.717, 1.165) is 4.90 Å². The van der Waals surface area contributed by atoms with Crippen LogP contribution in [-0.4, -0.2) is 33.1 Å². The number of benzene rings is 3. The lowest BCUT2D eigenvalue weighted by molar-refractivity contribution is -0.120. The zero-order chi connectivity index (χ0) is 22.7. The minimum Gasteiger partial charge on any atom is -0.497 e. The first-order chi connectivity index (χ1) is 15.6. The quantitative estimate of drug-likeness (QED) is 0.569. The van der Waals surface area contributed by atoms with Gasteiger partial charge in [0.2, 0.25) is 0 Å². The van der Waals surface area contributed by atoms with Crippen LogP contribution in [0.1, 0.15) is 5.56 Å². The Bertz CT molecular complexity index is 1200. The monoisotopic (exact) mass is 430 g/mol. The summed E-state index contributed by atoms with van der Waals surface area (Å²) in [5.41, 5.74) is 2.11. The smallest absolute Gasteiger partial charge is 0.282 e. The van der Waals surface area contributed by atoms with E-state index in [0.29, 0.717) is 34.2 Å². The Labute approximate surface area is 185 Å². The molecule has 1 aliphatic heterocycles. The molecule has 1 aliphatic rings. The summed E-state index contributed by atoms with van der Waals surface area (Å²) in [6.07, 6.45) is 0. The van der Waals surface area contributed by atoms with Crippen LogP contribution in [0.5, 0.6) is 17.2 Å². The Morgan fingerprint density at radius 3 is 2.16 bits per heavy atom. The summed E-state index contributed by atoms with van der Waals surface area (Å²) in [6, 6.07) is 21.1. The third-order valence-electron chi connectivity index (χ3n) is 5.11. The number of nitrogens with one attached hydrogen (secondary N) is 1. The Morgan fingerprint density at radius 1 is 0.719 bits per heavy atom. The maximum atomic E-state index is 13.5. The van der Waals surface area contributed by atoms with Crippen LogP contribution in [0.2, 0.25) is 0 Å². The average Bonchev–Trinajstić information content (AvgIpc) is 3.08. The summed E-state index contributed by atoms with van der Waals surface area (Å²) in [5, 5.41) is 3.12. The third kappa shape index (κ3) is 3.76. The molecule has 2 amide bonds. The number of hydrogen-bond donors (Lipinski definition) is 1. The van der Waals surface area contributed by atoms with Gasteiger partial charge in [0.15, 0.2) is 11.5 Å². The minimum atomic E-state index is -0.461. The minimum absolute atomic E-state index is 0.177. The number of anilines is 2. The fraction of sp³-hybridized carbons (Fsp3) is 0.120.